The second kappa shape index (κ2) is 14.1. The zero-order valence-electron chi connectivity index (χ0n) is 22.5. The molecule has 0 saturated heterocycles. The zero-order chi connectivity index (χ0) is 25.9. The maximum atomic E-state index is 13.6. The maximum absolute atomic E-state index is 13.6. The first-order chi connectivity index (χ1) is 17.5. The van der Waals surface area contributed by atoms with Gasteiger partial charge in [0.15, 0.2) is 0 Å². The molecule has 4 nitrogen and oxygen atoms in total. The molecule has 0 bridgehead atoms. The van der Waals surface area contributed by atoms with Crippen molar-refractivity contribution in [3.8, 4) is 5.75 Å². The number of carbonyl (C=O) groups is 1. The minimum Gasteiger partial charge on any atom is -0.497 e. The fourth-order valence-corrected chi connectivity index (χ4v) is 5.07. The second-order valence-corrected chi connectivity index (χ2v) is 9.96. The Morgan fingerprint density at radius 1 is 1.08 bits per heavy atom. The highest BCUT2D eigenvalue weighted by Crippen LogP contribution is 2.33. The molecule has 0 aliphatic heterocycles. The van der Waals surface area contributed by atoms with Gasteiger partial charge in [-0.3, -0.25) is 4.79 Å². The second-order valence-electron chi connectivity index (χ2n) is 9.96. The number of carbonyl (C=O) groups excluding carboxylic acids is 1. The van der Waals surface area contributed by atoms with Gasteiger partial charge in [0.1, 0.15) is 11.6 Å². The van der Waals surface area contributed by atoms with E-state index in [0.717, 1.165) is 42.3 Å². The molecule has 1 amide bonds. The fourth-order valence-electron chi connectivity index (χ4n) is 5.07. The van der Waals surface area contributed by atoms with Gasteiger partial charge >= 0.3 is 0 Å². The standard InChI is InChI=1S/C20H22FNO.C11H21NO/c1-4-5-17-18-12-15(21)8-11-19(18)22-20(17)13(2)14-6-9-16(23-3)10-7-14;1-2-3-9-11(13)12-10-7-5-4-6-8-10/h6-13,22H,4-5H2,1-3H3;10H,2-9H2,1H3,(H,12,13). The van der Waals surface area contributed by atoms with Crippen LogP contribution in [0, 0.1) is 5.82 Å². The summed E-state index contributed by atoms with van der Waals surface area (Å²) in [6.45, 7) is 6.45. The number of benzene rings is 2. The van der Waals surface area contributed by atoms with E-state index < -0.39 is 0 Å². The minimum atomic E-state index is -0.183. The Morgan fingerprint density at radius 2 is 1.81 bits per heavy atom. The Morgan fingerprint density at radius 3 is 2.44 bits per heavy atom. The molecule has 3 aromatic rings. The van der Waals surface area contributed by atoms with Crippen LogP contribution in [0.4, 0.5) is 4.39 Å². The van der Waals surface area contributed by atoms with Crippen molar-refractivity contribution in [2.75, 3.05) is 7.11 Å². The SMILES string of the molecule is CCCCC(=O)NC1CCCCC1.CCCc1c(C(C)c2ccc(OC)cc2)[nH]c2ccc(F)cc12. The lowest BCUT2D eigenvalue weighted by Crippen LogP contribution is -2.35. The van der Waals surface area contributed by atoms with Crippen LogP contribution >= 0.6 is 0 Å². The molecular formula is C31H43FN2O2. The number of unbranched alkanes of at least 4 members (excludes halogenated alkanes) is 1. The largest absolute Gasteiger partial charge is 0.497 e. The van der Waals surface area contributed by atoms with Gasteiger partial charge in [0.25, 0.3) is 0 Å². The van der Waals surface area contributed by atoms with Gasteiger partial charge in [-0.2, -0.15) is 0 Å². The van der Waals surface area contributed by atoms with Gasteiger partial charge in [-0.25, -0.2) is 4.39 Å². The lowest BCUT2D eigenvalue weighted by atomic mass is 9.93. The van der Waals surface area contributed by atoms with E-state index in [2.05, 4.69) is 43.2 Å². The Bertz CT molecular complexity index is 1080. The molecular weight excluding hydrogens is 451 g/mol. The van der Waals surface area contributed by atoms with Crippen LogP contribution in [0.15, 0.2) is 42.5 Å². The summed E-state index contributed by atoms with van der Waals surface area (Å²) in [5.74, 6) is 1.15. The Hall–Kier alpha value is -2.82. The molecule has 1 unspecified atom stereocenters. The van der Waals surface area contributed by atoms with Crippen molar-refractivity contribution in [2.45, 2.75) is 96.9 Å². The first-order valence-corrected chi connectivity index (χ1v) is 13.7. The summed E-state index contributed by atoms with van der Waals surface area (Å²) in [7, 11) is 1.67. The molecule has 1 aromatic heterocycles. The van der Waals surface area contributed by atoms with Gasteiger partial charge in [-0.1, -0.05) is 65.0 Å². The maximum Gasteiger partial charge on any atom is 0.220 e. The van der Waals surface area contributed by atoms with Crippen LogP contribution in [0.3, 0.4) is 0 Å². The summed E-state index contributed by atoms with van der Waals surface area (Å²) < 4.78 is 18.9. The third-order valence-electron chi connectivity index (χ3n) is 7.18. The van der Waals surface area contributed by atoms with Crippen molar-refractivity contribution >= 4 is 16.8 Å². The van der Waals surface area contributed by atoms with Gasteiger partial charge < -0.3 is 15.0 Å². The van der Waals surface area contributed by atoms with Crippen molar-refractivity contribution < 1.29 is 13.9 Å². The summed E-state index contributed by atoms with van der Waals surface area (Å²) in [5, 5.41) is 4.12. The molecule has 1 saturated carbocycles. The average Bonchev–Trinajstić information content (AvgIpc) is 3.25. The number of aromatic amines is 1. The summed E-state index contributed by atoms with van der Waals surface area (Å²) in [4.78, 5) is 14.9. The molecule has 196 valence electrons. The summed E-state index contributed by atoms with van der Waals surface area (Å²) in [6, 6.07) is 13.6. The summed E-state index contributed by atoms with van der Waals surface area (Å²) >= 11 is 0. The van der Waals surface area contributed by atoms with Crippen molar-refractivity contribution in [1.29, 1.82) is 0 Å². The Labute approximate surface area is 216 Å². The normalized spacial score (nSPS) is 14.7. The number of ether oxygens (including phenoxy) is 1. The molecule has 1 atom stereocenters. The molecule has 1 heterocycles. The van der Waals surface area contributed by atoms with Crippen LogP contribution in [0.5, 0.6) is 5.75 Å². The number of hydrogen-bond donors (Lipinski definition) is 2. The van der Waals surface area contributed by atoms with E-state index in [4.69, 9.17) is 4.74 Å². The molecule has 4 rings (SSSR count). The van der Waals surface area contributed by atoms with Crippen LogP contribution < -0.4 is 10.1 Å². The summed E-state index contributed by atoms with van der Waals surface area (Å²) in [6.07, 6.45) is 11.1. The van der Waals surface area contributed by atoms with E-state index in [0.29, 0.717) is 12.5 Å². The van der Waals surface area contributed by atoms with Crippen LogP contribution in [0.1, 0.15) is 101 Å². The number of aryl methyl sites for hydroxylation is 1. The van der Waals surface area contributed by atoms with Crippen molar-refractivity contribution in [2.24, 2.45) is 0 Å². The monoisotopic (exact) mass is 494 g/mol. The van der Waals surface area contributed by atoms with Crippen LogP contribution in [-0.2, 0) is 11.2 Å². The number of nitrogens with one attached hydrogen (secondary N) is 2. The fraction of sp³-hybridized carbons (Fsp3) is 0.516. The number of halogens is 1. The predicted octanol–water partition coefficient (Wildman–Crippen LogP) is 8.05. The third-order valence-corrected chi connectivity index (χ3v) is 7.18. The topological polar surface area (TPSA) is 54.1 Å². The van der Waals surface area contributed by atoms with E-state index in [1.807, 2.05) is 18.2 Å². The molecule has 36 heavy (non-hydrogen) atoms. The van der Waals surface area contributed by atoms with E-state index >= 15 is 0 Å². The number of rotatable bonds is 9. The highest BCUT2D eigenvalue weighted by atomic mass is 19.1. The van der Waals surface area contributed by atoms with Crippen LogP contribution in [0.25, 0.3) is 10.9 Å². The third kappa shape index (κ3) is 7.59. The molecule has 2 aromatic carbocycles. The number of amides is 1. The predicted molar refractivity (Wildman–Crippen MR) is 147 cm³/mol. The average molecular weight is 495 g/mol. The first-order valence-electron chi connectivity index (χ1n) is 13.7. The number of hydrogen-bond acceptors (Lipinski definition) is 2. The van der Waals surface area contributed by atoms with Gasteiger partial charge in [0.05, 0.1) is 7.11 Å². The number of H-pyrrole nitrogens is 1. The van der Waals surface area contributed by atoms with Gasteiger partial charge in [-0.15, -0.1) is 0 Å². The van der Waals surface area contributed by atoms with E-state index in [1.165, 1.54) is 55.0 Å². The number of aromatic nitrogens is 1. The smallest absolute Gasteiger partial charge is 0.220 e. The minimum absolute atomic E-state index is 0.183. The van der Waals surface area contributed by atoms with Crippen molar-refractivity contribution in [3.63, 3.8) is 0 Å². The van der Waals surface area contributed by atoms with Gasteiger partial charge in [0, 0.05) is 35.0 Å². The molecule has 0 radical (unpaired) electrons. The van der Waals surface area contributed by atoms with E-state index in [1.54, 1.807) is 13.2 Å². The Kier molecular flexibility index (Phi) is 10.8. The molecule has 0 spiro atoms. The number of fused-ring (bicyclic) bond motifs is 1. The van der Waals surface area contributed by atoms with Crippen LogP contribution in [-0.4, -0.2) is 24.0 Å². The van der Waals surface area contributed by atoms with E-state index in [9.17, 15) is 9.18 Å². The first kappa shape index (κ1) is 27.8. The lowest BCUT2D eigenvalue weighted by molar-refractivity contribution is -0.122. The molecule has 2 N–H and O–H groups in total. The molecule has 1 aliphatic carbocycles. The highest BCUT2D eigenvalue weighted by Gasteiger charge is 2.18. The molecule has 5 heteroatoms. The van der Waals surface area contributed by atoms with Crippen LogP contribution in [0.2, 0.25) is 0 Å². The highest BCUT2D eigenvalue weighted by molar-refractivity contribution is 5.85. The summed E-state index contributed by atoms with van der Waals surface area (Å²) in [5.41, 5.74) is 4.63. The quantitative estimate of drug-likeness (QED) is 0.316. The van der Waals surface area contributed by atoms with Crippen molar-refractivity contribution in [1.82, 2.24) is 10.3 Å². The lowest BCUT2D eigenvalue weighted by Gasteiger charge is -2.22. The Balaban J connectivity index is 0.000000236. The molecule has 1 fully saturated rings. The zero-order valence-corrected chi connectivity index (χ0v) is 22.5. The van der Waals surface area contributed by atoms with E-state index in [-0.39, 0.29) is 17.6 Å². The van der Waals surface area contributed by atoms with Gasteiger partial charge in [0.2, 0.25) is 5.91 Å². The molecule has 1 aliphatic rings. The van der Waals surface area contributed by atoms with Gasteiger partial charge in [-0.05, 0) is 67.1 Å². The number of methoxy groups -OCH3 is 1. The van der Waals surface area contributed by atoms with Crippen molar-refractivity contribution in [3.05, 3.63) is 65.1 Å².